The fourth-order valence-electron chi connectivity index (χ4n) is 4.36. The topological polar surface area (TPSA) is 85.9 Å². The smallest absolute Gasteiger partial charge is 0.216 e. The molecule has 1 saturated heterocycles. The summed E-state index contributed by atoms with van der Waals surface area (Å²) in [6, 6.07) is 15.3. The van der Waals surface area contributed by atoms with Gasteiger partial charge >= 0.3 is 0 Å². The van der Waals surface area contributed by atoms with Gasteiger partial charge in [0.25, 0.3) is 0 Å². The van der Waals surface area contributed by atoms with Gasteiger partial charge in [-0.2, -0.15) is 4.31 Å². The molecule has 0 bridgehead atoms. The van der Waals surface area contributed by atoms with Gasteiger partial charge in [0.1, 0.15) is 11.3 Å². The number of aryl methyl sites for hydroxylation is 2. The highest BCUT2D eigenvalue weighted by atomic mass is 32.2. The van der Waals surface area contributed by atoms with E-state index in [0.29, 0.717) is 6.54 Å². The van der Waals surface area contributed by atoms with E-state index in [4.69, 9.17) is 4.98 Å². The number of aromatic nitrogens is 5. The molecular formula is C21H24N6O2S. The van der Waals surface area contributed by atoms with Crippen LogP contribution in [0.15, 0.2) is 48.5 Å². The highest BCUT2D eigenvalue weighted by Crippen LogP contribution is 2.34. The molecule has 1 fully saturated rings. The Morgan fingerprint density at radius 2 is 1.73 bits per heavy atom. The lowest BCUT2D eigenvalue weighted by Crippen LogP contribution is -2.41. The molecule has 2 aromatic heterocycles. The van der Waals surface area contributed by atoms with Crippen molar-refractivity contribution in [1.82, 2.24) is 28.9 Å². The molecule has 3 heterocycles. The number of sulfonamides is 1. The molecule has 2 aromatic carbocycles. The zero-order valence-electron chi connectivity index (χ0n) is 16.8. The first-order valence-corrected chi connectivity index (χ1v) is 11.8. The van der Waals surface area contributed by atoms with Gasteiger partial charge < -0.3 is 4.57 Å². The van der Waals surface area contributed by atoms with E-state index in [1.807, 2.05) is 60.1 Å². The van der Waals surface area contributed by atoms with Crippen molar-refractivity contribution in [3.63, 3.8) is 0 Å². The Morgan fingerprint density at radius 3 is 2.53 bits per heavy atom. The van der Waals surface area contributed by atoms with Gasteiger partial charge in [0.15, 0.2) is 0 Å². The van der Waals surface area contributed by atoms with Gasteiger partial charge in [0, 0.05) is 13.6 Å². The van der Waals surface area contributed by atoms with E-state index in [-0.39, 0.29) is 18.3 Å². The lowest BCUT2D eigenvalue weighted by Gasteiger charge is -2.34. The van der Waals surface area contributed by atoms with Crippen LogP contribution in [0.4, 0.5) is 0 Å². The molecule has 0 N–H and O–H groups in total. The summed E-state index contributed by atoms with van der Waals surface area (Å²) < 4.78 is 32.1. The van der Waals surface area contributed by atoms with Crippen molar-refractivity contribution in [3.05, 3.63) is 54.4 Å². The van der Waals surface area contributed by atoms with Crippen molar-refractivity contribution < 1.29 is 8.42 Å². The van der Waals surface area contributed by atoms with Gasteiger partial charge in [-0.1, -0.05) is 35.9 Å². The summed E-state index contributed by atoms with van der Waals surface area (Å²) in [7, 11) is -1.52. The molecule has 1 aliphatic rings. The highest BCUT2D eigenvalue weighted by molar-refractivity contribution is 7.89. The predicted molar refractivity (Wildman–Crippen MR) is 115 cm³/mol. The quantitative estimate of drug-likeness (QED) is 0.492. The number of hydrogen-bond donors (Lipinski definition) is 0. The van der Waals surface area contributed by atoms with Gasteiger partial charge in [0.2, 0.25) is 10.0 Å². The lowest BCUT2D eigenvalue weighted by molar-refractivity contribution is 0.243. The van der Waals surface area contributed by atoms with Gasteiger partial charge in [-0.15, -0.1) is 5.10 Å². The molecule has 0 spiro atoms. The Bertz CT molecular complexity index is 1310. The molecule has 0 radical (unpaired) electrons. The maximum absolute atomic E-state index is 13.4. The summed E-state index contributed by atoms with van der Waals surface area (Å²) in [4.78, 5) is 4.78. The summed E-state index contributed by atoms with van der Waals surface area (Å²) in [6.45, 7) is 0.795. The molecule has 1 atom stereocenters. The van der Waals surface area contributed by atoms with Crippen LogP contribution in [0.1, 0.15) is 31.1 Å². The first kappa shape index (κ1) is 19.2. The monoisotopic (exact) mass is 424 g/mol. The largest absolute Gasteiger partial charge is 0.330 e. The van der Waals surface area contributed by atoms with Crippen molar-refractivity contribution in [2.75, 3.05) is 12.3 Å². The maximum atomic E-state index is 13.4. The molecule has 8 nitrogen and oxygen atoms in total. The fourth-order valence-corrected chi connectivity index (χ4v) is 5.99. The van der Waals surface area contributed by atoms with Crippen LogP contribution in [0, 0.1) is 0 Å². The van der Waals surface area contributed by atoms with Crippen LogP contribution in [0.3, 0.4) is 0 Å². The molecule has 9 heteroatoms. The molecule has 156 valence electrons. The normalized spacial score (nSPS) is 18.4. The van der Waals surface area contributed by atoms with Gasteiger partial charge in [0.05, 0.1) is 34.9 Å². The number of hydrogen-bond acceptors (Lipinski definition) is 5. The summed E-state index contributed by atoms with van der Waals surface area (Å²) >= 11 is 0. The Hall–Kier alpha value is -2.78. The van der Waals surface area contributed by atoms with Crippen LogP contribution >= 0.6 is 0 Å². The number of imidazole rings is 1. The van der Waals surface area contributed by atoms with Gasteiger partial charge in [-0.05, 0) is 37.1 Å². The average Bonchev–Trinajstić information content (AvgIpc) is 3.34. The fraction of sp³-hybridized carbons (Fsp3) is 0.381. The van der Waals surface area contributed by atoms with E-state index < -0.39 is 10.0 Å². The molecule has 30 heavy (non-hydrogen) atoms. The van der Waals surface area contributed by atoms with Crippen LogP contribution in [0.5, 0.6) is 0 Å². The predicted octanol–water partition coefficient (Wildman–Crippen LogP) is 2.88. The second kappa shape index (κ2) is 7.48. The van der Waals surface area contributed by atoms with Crippen molar-refractivity contribution in [1.29, 1.82) is 0 Å². The van der Waals surface area contributed by atoms with Crippen molar-refractivity contribution in [3.8, 4) is 0 Å². The van der Waals surface area contributed by atoms with Crippen LogP contribution in [-0.4, -0.2) is 49.6 Å². The van der Waals surface area contributed by atoms with E-state index in [1.54, 1.807) is 8.99 Å². The van der Waals surface area contributed by atoms with E-state index in [1.165, 1.54) is 0 Å². The third-order valence-electron chi connectivity index (χ3n) is 5.91. The molecule has 0 amide bonds. The van der Waals surface area contributed by atoms with E-state index in [2.05, 4.69) is 10.3 Å². The Morgan fingerprint density at radius 1 is 1.00 bits per heavy atom. The van der Waals surface area contributed by atoms with E-state index in [9.17, 15) is 8.42 Å². The Labute approximate surface area is 175 Å². The lowest BCUT2D eigenvalue weighted by atomic mass is 10.0. The number of piperidine rings is 1. The SMILES string of the molecule is Cn1c(C2CCCCN2S(=O)(=O)CCn2nnc3ccccc32)nc2ccccc21. The summed E-state index contributed by atoms with van der Waals surface area (Å²) in [5.41, 5.74) is 3.53. The van der Waals surface area contributed by atoms with Gasteiger partial charge in [-0.3, -0.25) is 0 Å². The molecule has 0 aliphatic carbocycles. The van der Waals surface area contributed by atoms with Crippen LogP contribution in [0.25, 0.3) is 22.1 Å². The summed E-state index contributed by atoms with van der Waals surface area (Å²) in [6.07, 6.45) is 2.64. The second-order valence-electron chi connectivity index (χ2n) is 7.76. The van der Waals surface area contributed by atoms with Crippen molar-refractivity contribution in [2.45, 2.75) is 31.8 Å². The van der Waals surface area contributed by atoms with Crippen molar-refractivity contribution >= 4 is 32.1 Å². The summed E-state index contributed by atoms with van der Waals surface area (Å²) in [5.74, 6) is 0.798. The summed E-state index contributed by atoms with van der Waals surface area (Å²) in [5, 5.41) is 8.25. The number of fused-ring (bicyclic) bond motifs is 2. The van der Waals surface area contributed by atoms with Crippen LogP contribution in [-0.2, 0) is 23.6 Å². The number of para-hydroxylation sites is 3. The van der Waals surface area contributed by atoms with Crippen LogP contribution < -0.4 is 0 Å². The maximum Gasteiger partial charge on any atom is 0.216 e. The first-order valence-electron chi connectivity index (χ1n) is 10.2. The number of nitrogens with zero attached hydrogens (tertiary/aromatic N) is 6. The first-order chi connectivity index (χ1) is 14.5. The van der Waals surface area contributed by atoms with Crippen LogP contribution in [0.2, 0.25) is 0 Å². The third kappa shape index (κ3) is 3.27. The zero-order valence-corrected chi connectivity index (χ0v) is 17.7. The molecule has 1 aliphatic heterocycles. The molecule has 4 aromatic rings. The standard InChI is InChI=1S/C21H24N6O2S/c1-25-18-10-4-2-8-16(18)22-21(25)20-12-6-7-13-27(20)30(28,29)15-14-26-19-11-5-3-9-17(19)23-24-26/h2-5,8-11,20H,6-7,12-15H2,1H3. The molecule has 0 saturated carbocycles. The highest BCUT2D eigenvalue weighted by Gasteiger charge is 2.35. The zero-order chi connectivity index (χ0) is 20.7. The minimum absolute atomic E-state index is 0.0131. The van der Waals surface area contributed by atoms with Crippen molar-refractivity contribution in [2.24, 2.45) is 7.05 Å². The van der Waals surface area contributed by atoms with E-state index >= 15 is 0 Å². The van der Waals surface area contributed by atoms with Gasteiger partial charge in [-0.25, -0.2) is 18.1 Å². The average molecular weight is 425 g/mol. The second-order valence-corrected chi connectivity index (χ2v) is 9.80. The molecule has 5 rings (SSSR count). The third-order valence-corrected chi connectivity index (χ3v) is 7.76. The molecular weight excluding hydrogens is 400 g/mol. The molecule has 1 unspecified atom stereocenters. The Kier molecular flexibility index (Phi) is 4.79. The van der Waals surface area contributed by atoms with E-state index in [0.717, 1.165) is 47.2 Å². The number of benzene rings is 2. The minimum Gasteiger partial charge on any atom is -0.330 e. The minimum atomic E-state index is -3.49. The number of rotatable bonds is 5. The Balaban J connectivity index is 1.43.